The van der Waals surface area contributed by atoms with E-state index in [9.17, 15) is 13.2 Å². The molecule has 1 aliphatic carbocycles. The number of amides is 1. The molecule has 31 heavy (non-hydrogen) atoms. The van der Waals surface area contributed by atoms with Crippen molar-refractivity contribution in [3.05, 3.63) is 18.3 Å². The van der Waals surface area contributed by atoms with Crippen LogP contribution < -0.4 is 9.64 Å². The van der Waals surface area contributed by atoms with Gasteiger partial charge >= 0.3 is 6.09 Å². The second-order valence-electron chi connectivity index (χ2n) is 9.06. The van der Waals surface area contributed by atoms with Crippen LogP contribution in [0.25, 0.3) is 0 Å². The summed E-state index contributed by atoms with van der Waals surface area (Å²) in [5.41, 5.74) is -0.225. The van der Waals surface area contributed by atoms with Crippen LogP contribution in [0.4, 0.5) is 10.6 Å². The Morgan fingerprint density at radius 1 is 1.13 bits per heavy atom. The van der Waals surface area contributed by atoms with E-state index in [-0.39, 0.29) is 11.7 Å². The van der Waals surface area contributed by atoms with Gasteiger partial charge in [-0.1, -0.05) is 0 Å². The Bertz CT molecular complexity index is 872. The van der Waals surface area contributed by atoms with Crippen LogP contribution in [0.2, 0.25) is 0 Å². The van der Waals surface area contributed by atoms with E-state index in [1.54, 1.807) is 11.1 Å². The number of carbonyl (C=O) groups excluding carboxylic acids is 1. The number of piperidine rings is 1. The van der Waals surface area contributed by atoms with Gasteiger partial charge < -0.3 is 19.3 Å². The van der Waals surface area contributed by atoms with E-state index in [0.717, 1.165) is 37.3 Å². The van der Waals surface area contributed by atoms with E-state index in [0.29, 0.717) is 51.8 Å². The Labute approximate surface area is 184 Å². The van der Waals surface area contributed by atoms with Crippen LogP contribution in [0.3, 0.4) is 0 Å². The SMILES string of the molecule is CC1(OC(=O)N2CCC(COc3ccc(N4CCN(S(C)(=O)=O)CC4)nc3)CC2)CC1. The number of hydrogen-bond donors (Lipinski definition) is 0. The molecule has 1 aromatic heterocycles. The highest BCUT2D eigenvalue weighted by Gasteiger charge is 2.43. The molecule has 0 bridgehead atoms. The summed E-state index contributed by atoms with van der Waals surface area (Å²) in [5, 5.41) is 0. The zero-order chi connectivity index (χ0) is 22.1. The number of pyridine rings is 1. The summed E-state index contributed by atoms with van der Waals surface area (Å²) in [6.07, 6.45) is 6.53. The highest BCUT2D eigenvalue weighted by Crippen LogP contribution is 2.39. The molecule has 3 aliphatic rings. The van der Waals surface area contributed by atoms with E-state index >= 15 is 0 Å². The summed E-state index contributed by atoms with van der Waals surface area (Å²) in [7, 11) is -3.13. The van der Waals surface area contributed by atoms with E-state index in [2.05, 4.69) is 9.88 Å². The molecular formula is C21H32N4O5S. The van der Waals surface area contributed by atoms with Crippen molar-refractivity contribution in [3.63, 3.8) is 0 Å². The number of rotatable bonds is 6. The summed E-state index contributed by atoms with van der Waals surface area (Å²) in [4.78, 5) is 20.6. The molecule has 0 atom stereocenters. The number of piperazine rings is 1. The first-order valence-electron chi connectivity index (χ1n) is 11.0. The van der Waals surface area contributed by atoms with E-state index in [1.165, 1.54) is 10.6 Å². The first-order chi connectivity index (χ1) is 14.7. The number of nitrogens with zero attached hydrogens (tertiary/aromatic N) is 4. The lowest BCUT2D eigenvalue weighted by molar-refractivity contribution is 0.0456. The first-order valence-corrected chi connectivity index (χ1v) is 12.8. The Balaban J connectivity index is 1.19. The Morgan fingerprint density at radius 2 is 1.81 bits per heavy atom. The van der Waals surface area contributed by atoms with Gasteiger partial charge in [0.25, 0.3) is 0 Å². The van der Waals surface area contributed by atoms with Crippen molar-refractivity contribution in [2.24, 2.45) is 5.92 Å². The number of likely N-dealkylation sites (tertiary alicyclic amines) is 1. The molecular weight excluding hydrogens is 420 g/mol. The van der Waals surface area contributed by atoms with Crippen molar-refractivity contribution in [2.45, 2.75) is 38.2 Å². The summed E-state index contributed by atoms with van der Waals surface area (Å²) in [6, 6.07) is 3.83. The van der Waals surface area contributed by atoms with Gasteiger partial charge in [-0.2, -0.15) is 4.31 Å². The van der Waals surface area contributed by atoms with Crippen LogP contribution >= 0.6 is 0 Å². The van der Waals surface area contributed by atoms with Gasteiger partial charge in [0.15, 0.2) is 0 Å². The predicted octanol–water partition coefficient (Wildman–Crippen LogP) is 1.94. The molecule has 9 nitrogen and oxygen atoms in total. The standard InChI is InChI=1S/C21H32N4O5S/c1-21(7-8-21)30-20(26)24-9-5-17(6-10-24)16-29-18-3-4-19(22-15-18)23-11-13-25(14-12-23)31(2,27)28/h3-4,15,17H,5-14,16H2,1-2H3. The van der Waals surface area contributed by atoms with E-state index < -0.39 is 10.0 Å². The van der Waals surface area contributed by atoms with Gasteiger partial charge in [0.1, 0.15) is 17.2 Å². The average Bonchev–Trinajstić information content (AvgIpc) is 3.49. The maximum atomic E-state index is 12.2. The van der Waals surface area contributed by atoms with Gasteiger partial charge in [0, 0.05) is 39.3 Å². The van der Waals surface area contributed by atoms with Gasteiger partial charge in [-0.05, 0) is 50.7 Å². The van der Waals surface area contributed by atoms with Gasteiger partial charge in [-0.3, -0.25) is 0 Å². The van der Waals surface area contributed by atoms with Crippen molar-refractivity contribution in [2.75, 3.05) is 57.0 Å². The van der Waals surface area contributed by atoms with Crippen LogP contribution in [0.5, 0.6) is 5.75 Å². The Kier molecular flexibility index (Phi) is 6.30. The van der Waals surface area contributed by atoms with Crippen LogP contribution in [-0.4, -0.2) is 86.4 Å². The average molecular weight is 453 g/mol. The third-order valence-electron chi connectivity index (χ3n) is 6.40. The third-order valence-corrected chi connectivity index (χ3v) is 7.70. The fourth-order valence-electron chi connectivity index (χ4n) is 3.94. The lowest BCUT2D eigenvalue weighted by Gasteiger charge is -2.34. The molecule has 3 fully saturated rings. The predicted molar refractivity (Wildman–Crippen MR) is 117 cm³/mol. The highest BCUT2D eigenvalue weighted by molar-refractivity contribution is 7.88. The smallest absolute Gasteiger partial charge is 0.410 e. The van der Waals surface area contributed by atoms with Crippen LogP contribution in [0.15, 0.2) is 18.3 Å². The molecule has 172 valence electrons. The maximum absolute atomic E-state index is 12.2. The van der Waals surface area contributed by atoms with Crippen molar-refractivity contribution in [1.82, 2.24) is 14.2 Å². The van der Waals surface area contributed by atoms with Gasteiger partial charge in [-0.25, -0.2) is 18.2 Å². The second-order valence-corrected chi connectivity index (χ2v) is 11.0. The topological polar surface area (TPSA) is 92.3 Å². The normalized spacial score (nSPS) is 22.3. The number of sulfonamides is 1. The summed E-state index contributed by atoms with van der Waals surface area (Å²) in [6.45, 7) is 6.21. The van der Waals surface area contributed by atoms with Crippen molar-refractivity contribution < 1.29 is 22.7 Å². The van der Waals surface area contributed by atoms with Crippen molar-refractivity contribution in [3.8, 4) is 5.75 Å². The van der Waals surface area contributed by atoms with E-state index in [1.807, 2.05) is 19.1 Å². The molecule has 4 rings (SSSR count). The lowest BCUT2D eigenvalue weighted by Crippen LogP contribution is -2.48. The molecule has 1 aromatic rings. The third kappa shape index (κ3) is 5.79. The van der Waals surface area contributed by atoms with Crippen LogP contribution in [0, 0.1) is 5.92 Å². The quantitative estimate of drug-likeness (QED) is 0.651. The molecule has 1 amide bonds. The molecule has 2 aliphatic heterocycles. The van der Waals surface area contributed by atoms with Gasteiger partial charge in [-0.15, -0.1) is 0 Å². The van der Waals surface area contributed by atoms with Crippen molar-refractivity contribution in [1.29, 1.82) is 0 Å². The number of aromatic nitrogens is 1. The molecule has 3 heterocycles. The summed E-state index contributed by atoms with van der Waals surface area (Å²) in [5.74, 6) is 1.96. The van der Waals surface area contributed by atoms with Gasteiger partial charge in [0.2, 0.25) is 10.0 Å². The largest absolute Gasteiger partial charge is 0.492 e. The summed E-state index contributed by atoms with van der Waals surface area (Å²) < 4.78 is 36.2. The van der Waals surface area contributed by atoms with Crippen LogP contribution in [-0.2, 0) is 14.8 Å². The number of carbonyl (C=O) groups is 1. The second kappa shape index (κ2) is 8.82. The fourth-order valence-corrected chi connectivity index (χ4v) is 4.77. The zero-order valence-corrected chi connectivity index (χ0v) is 19.1. The molecule has 0 N–H and O–H groups in total. The minimum atomic E-state index is -3.13. The molecule has 0 radical (unpaired) electrons. The maximum Gasteiger partial charge on any atom is 0.410 e. The Morgan fingerprint density at radius 3 is 2.35 bits per heavy atom. The molecule has 2 saturated heterocycles. The lowest BCUT2D eigenvalue weighted by atomic mass is 9.98. The number of hydrogen-bond acceptors (Lipinski definition) is 7. The molecule has 0 aromatic carbocycles. The number of ether oxygens (including phenoxy) is 2. The monoisotopic (exact) mass is 452 g/mol. The number of anilines is 1. The molecule has 1 saturated carbocycles. The first kappa shape index (κ1) is 22.1. The van der Waals surface area contributed by atoms with Crippen molar-refractivity contribution >= 4 is 21.9 Å². The Hall–Kier alpha value is -2.07. The fraction of sp³-hybridized carbons (Fsp3) is 0.714. The molecule has 10 heteroatoms. The minimum absolute atomic E-state index is 0.184. The highest BCUT2D eigenvalue weighted by atomic mass is 32.2. The summed E-state index contributed by atoms with van der Waals surface area (Å²) >= 11 is 0. The van der Waals surface area contributed by atoms with E-state index in [4.69, 9.17) is 9.47 Å². The molecule has 0 spiro atoms. The molecule has 0 unspecified atom stereocenters. The zero-order valence-electron chi connectivity index (χ0n) is 18.3. The van der Waals surface area contributed by atoms with Crippen LogP contribution in [0.1, 0.15) is 32.6 Å². The van der Waals surface area contributed by atoms with Gasteiger partial charge in [0.05, 0.1) is 19.1 Å². The minimum Gasteiger partial charge on any atom is -0.492 e.